The first-order valence-electron chi connectivity index (χ1n) is 5.84. The Morgan fingerprint density at radius 2 is 2.19 bits per heavy atom. The van der Waals surface area contributed by atoms with Gasteiger partial charge >= 0.3 is 0 Å². The normalized spacial score (nSPS) is 23.0. The second-order valence-electron chi connectivity index (χ2n) is 4.79. The average Bonchev–Trinajstić information content (AvgIpc) is 2.93. The second kappa shape index (κ2) is 4.28. The fraction of sp³-hybridized carbons (Fsp3) is 0.667. The first-order valence-corrected chi connectivity index (χ1v) is 5.84. The summed E-state index contributed by atoms with van der Waals surface area (Å²) in [6.07, 6.45) is 1.35. The Labute approximate surface area is 97.1 Å². The Morgan fingerprint density at radius 3 is 2.75 bits per heavy atom. The number of anilines is 2. The highest BCUT2D eigenvalue weighted by atomic mass is 15.2. The van der Waals surface area contributed by atoms with E-state index in [2.05, 4.69) is 34.2 Å². The predicted molar refractivity (Wildman–Crippen MR) is 66.9 cm³/mol. The van der Waals surface area contributed by atoms with Gasteiger partial charge in [-0.25, -0.2) is 4.98 Å². The van der Waals surface area contributed by atoms with Crippen molar-refractivity contribution in [2.45, 2.75) is 20.3 Å². The van der Waals surface area contributed by atoms with Crippen molar-refractivity contribution in [1.29, 1.82) is 0 Å². The van der Waals surface area contributed by atoms with E-state index >= 15 is 0 Å². The van der Waals surface area contributed by atoms with Crippen LogP contribution in [0.1, 0.15) is 19.0 Å². The summed E-state index contributed by atoms with van der Waals surface area (Å²) >= 11 is 0. The summed E-state index contributed by atoms with van der Waals surface area (Å²) in [6, 6.07) is 2.04. The number of nitrogens with one attached hydrogen (secondary N) is 1. The topological polar surface area (TPSA) is 41.1 Å². The molecule has 1 aliphatic carbocycles. The maximum absolute atomic E-state index is 4.46. The number of hydrogen-bond donors (Lipinski definition) is 1. The van der Waals surface area contributed by atoms with Crippen molar-refractivity contribution in [3.63, 3.8) is 0 Å². The number of rotatable bonds is 4. The minimum absolute atomic E-state index is 0.700. The van der Waals surface area contributed by atoms with E-state index in [1.165, 1.54) is 6.42 Å². The lowest BCUT2D eigenvalue weighted by Crippen LogP contribution is -2.22. The minimum Gasteiger partial charge on any atom is -0.359 e. The van der Waals surface area contributed by atoms with E-state index in [0.29, 0.717) is 5.95 Å². The molecular weight excluding hydrogens is 200 g/mol. The van der Waals surface area contributed by atoms with Gasteiger partial charge in [0.15, 0.2) is 0 Å². The fourth-order valence-electron chi connectivity index (χ4n) is 1.96. The van der Waals surface area contributed by atoms with Crippen LogP contribution >= 0.6 is 0 Å². The molecule has 16 heavy (non-hydrogen) atoms. The molecule has 4 heteroatoms. The summed E-state index contributed by atoms with van der Waals surface area (Å²) < 4.78 is 0. The van der Waals surface area contributed by atoms with Gasteiger partial charge in [-0.05, 0) is 25.2 Å². The summed E-state index contributed by atoms with van der Waals surface area (Å²) in [5.41, 5.74) is 1.00. The molecule has 0 aromatic carbocycles. The highest BCUT2D eigenvalue weighted by molar-refractivity contribution is 5.44. The van der Waals surface area contributed by atoms with Crippen LogP contribution in [-0.2, 0) is 0 Å². The molecule has 4 nitrogen and oxygen atoms in total. The zero-order valence-corrected chi connectivity index (χ0v) is 10.5. The monoisotopic (exact) mass is 220 g/mol. The number of hydrogen-bond acceptors (Lipinski definition) is 4. The third-order valence-electron chi connectivity index (χ3n) is 3.24. The number of aryl methyl sites for hydroxylation is 1. The van der Waals surface area contributed by atoms with Crippen molar-refractivity contribution < 1.29 is 0 Å². The van der Waals surface area contributed by atoms with Gasteiger partial charge in [0.25, 0.3) is 0 Å². The third-order valence-corrected chi connectivity index (χ3v) is 3.24. The van der Waals surface area contributed by atoms with Crippen LogP contribution < -0.4 is 10.2 Å². The van der Waals surface area contributed by atoms with E-state index in [-0.39, 0.29) is 0 Å². The van der Waals surface area contributed by atoms with Gasteiger partial charge in [0, 0.05) is 32.4 Å². The molecule has 1 heterocycles. The maximum Gasteiger partial charge on any atom is 0.224 e. The minimum atomic E-state index is 0.700. The summed E-state index contributed by atoms with van der Waals surface area (Å²) in [5, 5.41) is 2.99. The molecule has 1 fully saturated rings. The molecule has 0 aliphatic heterocycles. The maximum atomic E-state index is 4.46. The first kappa shape index (κ1) is 11.2. The molecule has 1 saturated carbocycles. The summed E-state index contributed by atoms with van der Waals surface area (Å²) in [4.78, 5) is 11.0. The molecule has 0 radical (unpaired) electrons. The van der Waals surface area contributed by atoms with Gasteiger partial charge in [0.1, 0.15) is 5.82 Å². The quantitative estimate of drug-likeness (QED) is 0.841. The lowest BCUT2D eigenvalue weighted by atomic mass is 10.3. The molecule has 1 aromatic rings. The van der Waals surface area contributed by atoms with Crippen LogP contribution in [0, 0.1) is 18.8 Å². The molecule has 0 bridgehead atoms. The second-order valence-corrected chi connectivity index (χ2v) is 4.79. The molecule has 0 saturated heterocycles. The Morgan fingerprint density at radius 1 is 1.50 bits per heavy atom. The van der Waals surface area contributed by atoms with E-state index in [4.69, 9.17) is 0 Å². The van der Waals surface area contributed by atoms with Crippen molar-refractivity contribution in [2.24, 2.45) is 11.8 Å². The molecular formula is C12H20N4. The van der Waals surface area contributed by atoms with Gasteiger partial charge in [0.2, 0.25) is 5.95 Å². The number of nitrogens with zero attached hydrogens (tertiary/aromatic N) is 3. The third kappa shape index (κ3) is 2.43. The lowest BCUT2D eigenvalue weighted by molar-refractivity contribution is 0.718. The van der Waals surface area contributed by atoms with E-state index in [1.54, 1.807) is 0 Å². The predicted octanol–water partition coefficient (Wildman–Crippen LogP) is 1.92. The smallest absolute Gasteiger partial charge is 0.224 e. The van der Waals surface area contributed by atoms with E-state index < -0.39 is 0 Å². The highest BCUT2D eigenvalue weighted by Gasteiger charge is 2.33. The van der Waals surface area contributed by atoms with Crippen LogP contribution in [0.25, 0.3) is 0 Å². The Hall–Kier alpha value is -1.32. The molecule has 1 N–H and O–H groups in total. The lowest BCUT2D eigenvalue weighted by Gasteiger charge is -2.19. The zero-order valence-electron chi connectivity index (χ0n) is 10.5. The van der Waals surface area contributed by atoms with Crippen LogP contribution in [0.2, 0.25) is 0 Å². The average molecular weight is 220 g/mol. The van der Waals surface area contributed by atoms with Gasteiger partial charge in [-0.15, -0.1) is 0 Å². The molecule has 2 atom stereocenters. The van der Waals surface area contributed by atoms with E-state index in [0.717, 1.165) is 29.9 Å². The SMILES string of the molecule is CNc1nc(C)cc(N(C)CC2CC2C)n1. The van der Waals surface area contributed by atoms with Gasteiger partial charge in [-0.3, -0.25) is 0 Å². The van der Waals surface area contributed by atoms with Crippen LogP contribution in [-0.4, -0.2) is 30.6 Å². The van der Waals surface area contributed by atoms with Gasteiger partial charge in [-0.1, -0.05) is 6.92 Å². The summed E-state index contributed by atoms with van der Waals surface area (Å²) in [5.74, 6) is 3.44. The van der Waals surface area contributed by atoms with Crippen molar-refractivity contribution in [1.82, 2.24) is 9.97 Å². The van der Waals surface area contributed by atoms with Crippen molar-refractivity contribution in [2.75, 3.05) is 30.9 Å². The largest absolute Gasteiger partial charge is 0.359 e. The standard InChI is InChI=1S/C12H20N4/c1-8-5-10(8)7-16(4)11-6-9(2)14-12(13-3)15-11/h6,8,10H,5,7H2,1-4H3,(H,13,14,15). The van der Waals surface area contributed by atoms with Crippen LogP contribution in [0.4, 0.5) is 11.8 Å². The fourth-order valence-corrected chi connectivity index (χ4v) is 1.96. The Bertz CT molecular complexity index is 377. The van der Waals surface area contributed by atoms with Gasteiger partial charge in [0.05, 0.1) is 0 Å². The summed E-state index contributed by atoms with van der Waals surface area (Å²) in [6.45, 7) is 5.41. The zero-order chi connectivity index (χ0) is 11.7. The molecule has 2 rings (SSSR count). The van der Waals surface area contributed by atoms with Crippen LogP contribution in [0.15, 0.2) is 6.07 Å². The molecule has 1 aliphatic rings. The molecule has 88 valence electrons. The van der Waals surface area contributed by atoms with Gasteiger partial charge < -0.3 is 10.2 Å². The molecule has 2 unspecified atom stereocenters. The van der Waals surface area contributed by atoms with E-state index in [9.17, 15) is 0 Å². The Balaban J connectivity index is 2.09. The van der Waals surface area contributed by atoms with Crippen molar-refractivity contribution in [3.05, 3.63) is 11.8 Å². The molecule has 1 aromatic heterocycles. The number of aromatic nitrogens is 2. The molecule has 0 spiro atoms. The van der Waals surface area contributed by atoms with Crippen molar-refractivity contribution in [3.8, 4) is 0 Å². The van der Waals surface area contributed by atoms with Gasteiger partial charge in [-0.2, -0.15) is 4.98 Å². The first-order chi connectivity index (χ1) is 7.60. The van der Waals surface area contributed by atoms with E-state index in [1.807, 2.05) is 20.0 Å². The molecule has 0 amide bonds. The van der Waals surface area contributed by atoms with Crippen LogP contribution in [0.5, 0.6) is 0 Å². The highest BCUT2D eigenvalue weighted by Crippen LogP contribution is 2.38. The summed E-state index contributed by atoms with van der Waals surface area (Å²) in [7, 11) is 3.95. The van der Waals surface area contributed by atoms with Crippen molar-refractivity contribution >= 4 is 11.8 Å². The van der Waals surface area contributed by atoms with Crippen LogP contribution in [0.3, 0.4) is 0 Å². The Kier molecular flexibility index (Phi) is 2.99.